The predicted octanol–water partition coefficient (Wildman–Crippen LogP) is 7.42. The average Bonchev–Trinajstić information content (AvgIpc) is 2.69. The van der Waals surface area contributed by atoms with Crippen LogP contribution in [0.2, 0.25) is 0 Å². The second-order valence-corrected chi connectivity index (χ2v) is 10.4. The highest BCUT2D eigenvalue weighted by Gasteiger charge is 2.26. The number of unbranched alkanes of at least 4 members (excludes halogenated alkanes) is 12. The van der Waals surface area contributed by atoms with E-state index in [9.17, 15) is 9.59 Å². The summed E-state index contributed by atoms with van der Waals surface area (Å²) in [6, 6.07) is -0.672. The lowest BCUT2D eigenvalue weighted by Gasteiger charge is -2.22. The van der Waals surface area contributed by atoms with E-state index in [0.717, 1.165) is 12.8 Å². The Morgan fingerprint density at radius 3 is 1.61 bits per heavy atom. The van der Waals surface area contributed by atoms with Crippen LogP contribution in [0.1, 0.15) is 125 Å². The monoisotopic (exact) mass is 441 g/mol. The van der Waals surface area contributed by atoms with Crippen LogP contribution in [-0.2, 0) is 14.3 Å². The van der Waals surface area contributed by atoms with Crippen LogP contribution < -0.4 is 5.32 Å². The van der Waals surface area contributed by atoms with E-state index in [1.54, 1.807) is 0 Å². The van der Waals surface area contributed by atoms with Gasteiger partial charge in [0, 0.05) is 0 Å². The third-order valence-corrected chi connectivity index (χ3v) is 5.32. The van der Waals surface area contributed by atoms with Crippen LogP contribution in [0.25, 0.3) is 0 Å². The average molecular weight is 442 g/mol. The van der Waals surface area contributed by atoms with Gasteiger partial charge in [-0.2, -0.15) is 0 Å². The standard InChI is InChI=1S/C26H51NO4/c1-7-8-9-10-11-12-13-14-15-16-17-18-19-20-30-24(28)23(22(2)3)27-25(29)31-21-26(4,5)6/h22-23H,7-21H2,1-6H3,(H,27,29). The molecule has 1 N–H and O–H groups in total. The molecule has 0 heterocycles. The molecule has 0 radical (unpaired) electrons. The number of alkyl carbamates (subject to hydrolysis) is 1. The Hall–Kier alpha value is -1.26. The summed E-state index contributed by atoms with van der Waals surface area (Å²) in [5, 5.41) is 2.65. The molecule has 0 aliphatic carbocycles. The molecule has 0 aliphatic rings. The molecule has 0 rings (SSSR count). The van der Waals surface area contributed by atoms with Gasteiger partial charge >= 0.3 is 12.1 Å². The van der Waals surface area contributed by atoms with Gasteiger partial charge in [0.2, 0.25) is 0 Å². The lowest BCUT2D eigenvalue weighted by Crippen LogP contribution is -2.46. The molecule has 0 saturated heterocycles. The van der Waals surface area contributed by atoms with Crippen LogP contribution in [0, 0.1) is 11.3 Å². The molecule has 184 valence electrons. The Labute approximate surface area is 192 Å². The normalized spacial score (nSPS) is 12.6. The SMILES string of the molecule is CCCCCCCCCCCCCCCOC(=O)C(NC(=O)OCC(C)(C)C)C(C)C. The molecule has 1 atom stereocenters. The first-order valence-electron chi connectivity index (χ1n) is 12.8. The van der Waals surface area contributed by atoms with Gasteiger partial charge in [-0.3, -0.25) is 0 Å². The van der Waals surface area contributed by atoms with Gasteiger partial charge in [-0.1, -0.05) is 119 Å². The molecule has 5 nitrogen and oxygen atoms in total. The van der Waals surface area contributed by atoms with E-state index < -0.39 is 12.1 Å². The number of amides is 1. The van der Waals surface area contributed by atoms with Crippen molar-refractivity contribution < 1.29 is 19.1 Å². The zero-order valence-corrected chi connectivity index (χ0v) is 21.4. The zero-order valence-electron chi connectivity index (χ0n) is 21.4. The van der Waals surface area contributed by atoms with E-state index in [1.807, 2.05) is 34.6 Å². The van der Waals surface area contributed by atoms with Gasteiger partial charge in [0.1, 0.15) is 6.04 Å². The van der Waals surface area contributed by atoms with E-state index in [2.05, 4.69) is 12.2 Å². The number of ether oxygens (including phenoxy) is 2. The fourth-order valence-corrected chi connectivity index (χ4v) is 3.33. The van der Waals surface area contributed by atoms with Gasteiger partial charge < -0.3 is 14.8 Å². The maximum atomic E-state index is 12.3. The van der Waals surface area contributed by atoms with Crippen LogP contribution in [0.4, 0.5) is 4.79 Å². The van der Waals surface area contributed by atoms with Gasteiger partial charge in [-0.15, -0.1) is 0 Å². The van der Waals surface area contributed by atoms with Gasteiger partial charge in [-0.25, -0.2) is 9.59 Å². The Kier molecular flexibility index (Phi) is 17.6. The highest BCUT2D eigenvalue weighted by atomic mass is 16.6. The number of carbonyl (C=O) groups excluding carboxylic acids is 2. The quantitative estimate of drug-likeness (QED) is 0.177. The van der Waals surface area contributed by atoms with Crippen LogP contribution in [-0.4, -0.2) is 31.3 Å². The Bertz CT molecular complexity index is 457. The van der Waals surface area contributed by atoms with Crippen molar-refractivity contribution in [1.82, 2.24) is 5.32 Å². The number of hydrogen-bond acceptors (Lipinski definition) is 4. The minimum atomic E-state index is -0.672. The minimum Gasteiger partial charge on any atom is -0.464 e. The Balaban J connectivity index is 3.75. The Morgan fingerprint density at radius 2 is 1.19 bits per heavy atom. The summed E-state index contributed by atoms with van der Waals surface area (Å²) in [5.74, 6) is -0.428. The molecule has 31 heavy (non-hydrogen) atoms. The van der Waals surface area contributed by atoms with Gasteiger partial charge in [-0.05, 0) is 17.8 Å². The summed E-state index contributed by atoms with van der Waals surface area (Å²) in [5.41, 5.74) is -0.112. The summed E-state index contributed by atoms with van der Waals surface area (Å²) in [7, 11) is 0. The first kappa shape index (κ1) is 29.7. The fraction of sp³-hybridized carbons (Fsp3) is 0.923. The van der Waals surface area contributed by atoms with E-state index in [0.29, 0.717) is 13.2 Å². The highest BCUT2D eigenvalue weighted by molar-refractivity contribution is 5.81. The molecule has 0 aromatic rings. The molecule has 0 saturated carbocycles. The van der Waals surface area contributed by atoms with Gasteiger partial charge in [0.15, 0.2) is 0 Å². The summed E-state index contributed by atoms with van der Waals surface area (Å²) in [6.45, 7) is 12.7. The van der Waals surface area contributed by atoms with E-state index >= 15 is 0 Å². The van der Waals surface area contributed by atoms with Crippen LogP contribution in [0.3, 0.4) is 0 Å². The van der Waals surface area contributed by atoms with Crippen molar-refractivity contribution in [2.24, 2.45) is 11.3 Å². The summed E-state index contributed by atoms with van der Waals surface area (Å²) < 4.78 is 10.6. The topological polar surface area (TPSA) is 64.6 Å². The van der Waals surface area contributed by atoms with Crippen molar-refractivity contribution >= 4 is 12.1 Å². The summed E-state index contributed by atoms with van der Waals surface area (Å²) in [4.78, 5) is 24.3. The minimum absolute atomic E-state index is 0.0543. The number of rotatable bonds is 18. The third-order valence-electron chi connectivity index (χ3n) is 5.32. The molecule has 0 aliphatic heterocycles. The van der Waals surface area contributed by atoms with Gasteiger partial charge in [0.25, 0.3) is 0 Å². The predicted molar refractivity (Wildman–Crippen MR) is 129 cm³/mol. The molecule has 0 bridgehead atoms. The van der Waals surface area contributed by atoms with Crippen LogP contribution in [0.5, 0.6) is 0 Å². The van der Waals surface area contributed by atoms with E-state index in [4.69, 9.17) is 9.47 Å². The lowest BCUT2D eigenvalue weighted by atomic mass is 9.99. The third kappa shape index (κ3) is 19.2. The lowest BCUT2D eigenvalue weighted by molar-refractivity contribution is -0.147. The zero-order chi connectivity index (χ0) is 23.5. The molecule has 0 aromatic heterocycles. The Morgan fingerprint density at radius 1 is 0.742 bits per heavy atom. The maximum Gasteiger partial charge on any atom is 0.407 e. The van der Waals surface area contributed by atoms with E-state index in [-0.39, 0.29) is 17.3 Å². The van der Waals surface area contributed by atoms with Crippen LogP contribution >= 0.6 is 0 Å². The van der Waals surface area contributed by atoms with Crippen LogP contribution in [0.15, 0.2) is 0 Å². The highest BCUT2D eigenvalue weighted by Crippen LogP contribution is 2.14. The number of nitrogens with one attached hydrogen (secondary N) is 1. The van der Waals surface area contributed by atoms with Crippen molar-refractivity contribution in [2.45, 2.75) is 131 Å². The first-order valence-corrected chi connectivity index (χ1v) is 12.8. The number of carbonyl (C=O) groups is 2. The molecule has 0 aromatic carbocycles. The number of hydrogen-bond donors (Lipinski definition) is 1. The van der Waals surface area contributed by atoms with Crippen molar-refractivity contribution in [3.05, 3.63) is 0 Å². The first-order chi connectivity index (χ1) is 14.7. The molecular formula is C26H51NO4. The number of esters is 1. The maximum absolute atomic E-state index is 12.3. The molecular weight excluding hydrogens is 390 g/mol. The van der Waals surface area contributed by atoms with Crippen molar-refractivity contribution in [2.75, 3.05) is 13.2 Å². The van der Waals surface area contributed by atoms with Crippen molar-refractivity contribution in [1.29, 1.82) is 0 Å². The van der Waals surface area contributed by atoms with Crippen molar-refractivity contribution in [3.63, 3.8) is 0 Å². The summed E-state index contributed by atoms with van der Waals surface area (Å²) in [6.07, 6.45) is 16.2. The molecule has 5 heteroatoms. The second-order valence-electron chi connectivity index (χ2n) is 10.4. The second kappa shape index (κ2) is 18.3. The van der Waals surface area contributed by atoms with E-state index in [1.165, 1.54) is 70.6 Å². The molecule has 1 amide bonds. The molecule has 0 fully saturated rings. The van der Waals surface area contributed by atoms with Crippen molar-refractivity contribution in [3.8, 4) is 0 Å². The summed E-state index contributed by atoms with van der Waals surface area (Å²) >= 11 is 0. The fourth-order valence-electron chi connectivity index (χ4n) is 3.33. The largest absolute Gasteiger partial charge is 0.464 e. The van der Waals surface area contributed by atoms with Gasteiger partial charge in [0.05, 0.1) is 13.2 Å². The molecule has 0 spiro atoms. The molecule has 1 unspecified atom stereocenters. The smallest absolute Gasteiger partial charge is 0.407 e.